The molecule has 0 bridgehead atoms. The molecule has 6 heteroatoms. The van der Waals surface area contributed by atoms with Gasteiger partial charge in [-0.2, -0.15) is 5.10 Å². The summed E-state index contributed by atoms with van der Waals surface area (Å²) in [5.41, 5.74) is 1.92. The Bertz CT molecular complexity index is 493. The molecule has 0 aliphatic heterocycles. The quantitative estimate of drug-likeness (QED) is 0.851. The summed E-state index contributed by atoms with van der Waals surface area (Å²) in [6, 6.07) is 3.72. The molecular weight excluding hydrogens is 230 g/mol. The van der Waals surface area contributed by atoms with Gasteiger partial charge in [-0.15, -0.1) is 10.2 Å². The van der Waals surface area contributed by atoms with Crippen LogP contribution in [0.2, 0.25) is 0 Å². The molecular formula is C12H17N5O. The molecule has 1 unspecified atom stereocenters. The number of aromatic nitrogens is 4. The van der Waals surface area contributed by atoms with Crippen LogP contribution in [0.4, 0.5) is 0 Å². The van der Waals surface area contributed by atoms with E-state index in [1.807, 2.05) is 31.6 Å². The lowest BCUT2D eigenvalue weighted by molar-refractivity contribution is 0.390. The summed E-state index contributed by atoms with van der Waals surface area (Å²) in [4.78, 5) is 0. The van der Waals surface area contributed by atoms with Crippen LogP contribution in [0, 0.1) is 0 Å². The van der Waals surface area contributed by atoms with Gasteiger partial charge in [0.25, 0.3) is 0 Å². The fraction of sp³-hybridized carbons (Fsp3) is 0.417. The number of hydrogen-bond acceptors (Lipinski definition) is 5. The Kier molecular flexibility index (Phi) is 3.88. The molecule has 0 saturated heterocycles. The number of rotatable bonds is 5. The second-order valence-corrected chi connectivity index (χ2v) is 3.94. The van der Waals surface area contributed by atoms with Gasteiger partial charge in [-0.25, -0.2) is 0 Å². The highest BCUT2D eigenvalue weighted by molar-refractivity contribution is 5.24. The van der Waals surface area contributed by atoms with Gasteiger partial charge in [0.1, 0.15) is 0 Å². The SMILES string of the molecule is CCNC(c1cnn(C)c1)c1ccc(OC)nn1. The summed E-state index contributed by atoms with van der Waals surface area (Å²) in [5, 5.41) is 15.7. The van der Waals surface area contributed by atoms with Gasteiger partial charge in [-0.1, -0.05) is 6.92 Å². The maximum atomic E-state index is 5.01. The van der Waals surface area contributed by atoms with Gasteiger partial charge in [0.2, 0.25) is 5.88 Å². The van der Waals surface area contributed by atoms with Crippen LogP contribution in [0.15, 0.2) is 24.5 Å². The summed E-state index contributed by atoms with van der Waals surface area (Å²) in [6.07, 6.45) is 3.80. The Labute approximate surface area is 106 Å². The molecule has 96 valence electrons. The molecule has 0 aliphatic carbocycles. The average molecular weight is 247 g/mol. The normalized spacial score (nSPS) is 12.4. The predicted molar refractivity (Wildman–Crippen MR) is 67.3 cm³/mol. The Morgan fingerprint density at radius 2 is 2.22 bits per heavy atom. The Balaban J connectivity index is 2.28. The van der Waals surface area contributed by atoms with Gasteiger partial charge >= 0.3 is 0 Å². The summed E-state index contributed by atoms with van der Waals surface area (Å²) in [6.45, 7) is 2.90. The summed E-state index contributed by atoms with van der Waals surface area (Å²) in [5.74, 6) is 0.514. The van der Waals surface area contributed by atoms with Crippen LogP contribution in [0.1, 0.15) is 24.2 Å². The third-order valence-electron chi connectivity index (χ3n) is 2.63. The summed E-state index contributed by atoms with van der Waals surface area (Å²) < 4.78 is 6.78. The lowest BCUT2D eigenvalue weighted by Crippen LogP contribution is -2.23. The first kappa shape index (κ1) is 12.5. The van der Waals surface area contributed by atoms with E-state index in [1.165, 1.54) is 0 Å². The van der Waals surface area contributed by atoms with Crippen LogP contribution in [0.5, 0.6) is 5.88 Å². The zero-order chi connectivity index (χ0) is 13.0. The Hall–Kier alpha value is -1.95. The molecule has 0 radical (unpaired) electrons. The van der Waals surface area contributed by atoms with Gasteiger partial charge in [0, 0.05) is 24.9 Å². The number of aryl methyl sites for hydroxylation is 1. The molecule has 0 fully saturated rings. The maximum Gasteiger partial charge on any atom is 0.233 e. The van der Waals surface area contributed by atoms with E-state index < -0.39 is 0 Å². The molecule has 0 spiro atoms. The van der Waals surface area contributed by atoms with Crippen molar-refractivity contribution in [1.29, 1.82) is 0 Å². The molecule has 2 aromatic rings. The first-order chi connectivity index (χ1) is 8.74. The van der Waals surface area contributed by atoms with Crippen molar-refractivity contribution in [2.75, 3.05) is 13.7 Å². The van der Waals surface area contributed by atoms with Gasteiger partial charge in [0.05, 0.1) is 25.0 Å². The minimum Gasteiger partial charge on any atom is -0.480 e. The number of nitrogens with zero attached hydrogens (tertiary/aromatic N) is 4. The first-order valence-corrected chi connectivity index (χ1v) is 5.84. The van der Waals surface area contributed by atoms with Crippen LogP contribution in [0.3, 0.4) is 0 Å². The van der Waals surface area contributed by atoms with E-state index in [-0.39, 0.29) is 6.04 Å². The highest BCUT2D eigenvalue weighted by Crippen LogP contribution is 2.20. The van der Waals surface area contributed by atoms with Crippen molar-refractivity contribution in [3.63, 3.8) is 0 Å². The van der Waals surface area contributed by atoms with E-state index in [2.05, 4.69) is 27.5 Å². The van der Waals surface area contributed by atoms with E-state index >= 15 is 0 Å². The monoisotopic (exact) mass is 247 g/mol. The Morgan fingerprint density at radius 3 is 2.72 bits per heavy atom. The molecule has 0 aliphatic rings. The van der Waals surface area contributed by atoms with Crippen LogP contribution in [-0.4, -0.2) is 33.6 Å². The minimum absolute atomic E-state index is 0.00195. The molecule has 2 rings (SSSR count). The average Bonchev–Trinajstić information content (AvgIpc) is 2.82. The smallest absolute Gasteiger partial charge is 0.233 e. The fourth-order valence-corrected chi connectivity index (χ4v) is 1.78. The highest BCUT2D eigenvalue weighted by Gasteiger charge is 2.16. The van der Waals surface area contributed by atoms with Gasteiger partial charge in [-0.05, 0) is 12.6 Å². The molecule has 0 saturated carbocycles. The lowest BCUT2D eigenvalue weighted by atomic mass is 10.1. The Morgan fingerprint density at radius 1 is 1.39 bits per heavy atom. The maximum absolute atomic E-state index is 5.01. The number of ether oxygens (including phenoxy) is 1. The van der Waals surface area contributed by atoms with Crippen LogP contribution in [-0.2, 0) is 7.05 Å². The predicted octanol–water partition coefficient (Wildman–Crippen LogP) is 0.918. The minimum atomic E-state index is 0.00195. The van der Waals surface area contributed by atoms with Crippen molar-refractivity contribution in [3.8, 4) is 5.88 Å². The molecule has 1 N–H and O–H groups in total. The summed E-state index contributed by atoms with van der Waals surface area (Å²) >= 11 is 0. The van der Waals surface area contributed by atoms with Crippen molar-refractivity contribution in [1.82, 2.24) is 25.3 Å². The van der Waals surface area contributed by atoms with Crippen molar-refractivity contribution in [2.45, 2.75) is 13.0 Å². The zero-order valence-corrected chi connectivity index (χ0v) is 10.8. The molecule has 2 heterocycles. The fourth-order valence-electron chi connectivity index (χ4n) is 1.78. The molecule has 1 atom stereocenters. The van der Waals surface area contributed by atoms with E-state index in [4.69, 9.17) is 4.74 Å². The molecule has 0 aromatic carbocycles. The van der Waals surface area contributed by atoms with Crippen LogP contribution >= 0.6 is 0 Å². The van der Waals surface area contributed by atoms with Crippen molar-refractivity contribution < 1.29 is 4.74 Å². The van der Waals surface area contributed by atoms with E-state index in [9.17, 15) is 0 Å². The van der Waals surface area contributed by atoms with E-state index in [0.29, 0.717) is 5.88 Å². The number of methoxy groups -OCH3 is 1. The standard InChI is InChI=1S/C12H17N5O/c1-4-13-12(9-7-14-17(2)8-9)10-5-6-11(18-3)16-15-10/h5-8,12-13H,4H2,1-3H3. The third-order valence-corrected chi connectivity index (χ3v) is 2.63. The van der Waals surface area contributed by atoms with Crippen molar-refractivity contribution in [2.24, 2.45) is 7.05 Å². The van der Waals surface area contributed by atoms with Crippen molar-refractivity contribution >= 4 is 0 Å². The second-order valence-electron chi connectivity index (χ2n) is 3.94. The van der Waals surface area contributed by atoms with Gasteiger partial charge in [0.15, 0.2) is 0 Å². The largest absolute Gasteiger partial charge is 0.480 e. The second kappa shape index (κ2) is 5.59. The van der Waals surface area contributed by atoms with Crippen molar-refractivity contribution in [3.05, 3.63) is 35.8 Å². The number of nitrogens with one attached hydrogen (secondary N) is 1. The van der Waals surface area contributed by atoms with Crippen LogP contribution < -0.4 is 10.1 Å². The third kappa shape index (κ3) is 2.65. The molecule has 0 amide bonds. The van der Waals surface area contributed by atoms with E-state index in [1.54, 1.807) is 11.8 Å². The number of hydrogen-bond donors (Lipinski definition) is 1. The van der Waals surface area contributed by atoms with Gasteiger partial charge < -0.3 is 10.1 Å². The first-order valence-electron chi connectivity index (χ1n) is 5.84. The van der Waals surface area contributed by atoms with E-state index in [0.717, 1.165) is 17.8 Å². The van der Waals surface area contributed by atoms with Crippen LogP contribution in [0.25, 0.3) is 0 Å². The molecule has 2 aromatic heterocycles. The van der Waals surface area contributed by atoms with Gasteiger partial charge in [-0.3, -0.25) is 4.68 Å². The molecule has 18 heavy (non-hydrogen) atoms. The topological polar surface area (TPSA) is 64.9 Å². The highest BCUT2D eigenvalue weighted by atomic mass is 16.5. The lowest BCUT2D eigenvalue weighted by Gasteiger charge is -2.15. The molecule has 6 nitrogen and oxygen atoms in total. The zero-order valence-electron chi connectivity index (χ0n) is 10.8. The summed E-state index contributed by atoms with van der Waals surface area (Å²) in [7, 11) is 3.47.